The number of rotatable bonds is 6. The number of halogens is 1. The van der Waals surface area contributed by atoms with Crippen LogP contribution in [0.25, 0.3) is 11.1 Å². The Kier molecular flexibility index (Phi) is 5.86. The van der Waals surface area contributed by atoms with E-state index in [4.69, 9.17) is 4.74 Å². The van der Waals surface area contributed by atoms with E-state index in [9.17, 15) is 14.7 Å². The largest absolute Gasteiger partial charge is 0.481 e. The van der Waals surface area contributed by atoms with Crippen molar-refractivity contribution in [1.29, 1.82) is 0 Å². The van der Waals surface area contributed by atoms with Gasteiger partial charge in [-0.1, -0.05) is 76.6 Å². The summed E-state index contributed by atoms with van der Waals surface area (Å²) in [5.74, 6) is -1.05. The molecule has 5 nitrogen and oxygen atoms in total. The zero-order valence-corrected chi connectivity index (χ0v) is 17.6. The molecule has 0 bridgehead atoms. The van der Waals surface area contributed by atoms with Crippen LogP contribution < -0.4 is 5.32 Å². The van der Waals surface area contributed by atoms with Crippen LogP contribution in [0.5, 0.6) is 0 Å². The first-order valence-corrected chi connectivity index (χ1v) is 10.4. The number of hydrogen-bond donors (Lipinski definition) is 2. The number of carbonyl (C=O) groups is 2. The smallest absolute Gasteiger partial charge is 0.407 e. The minimum Gasteiger partial charge on any atom is -0.481 e. The van der Waals surface area contributed by atoms with Crippen molar-refractivity contribution in [1.82, 2.24) is 5.32 Å². The van der Waals surface area contributed by atoms with Crippen molar-refractivity contribution >= 4 is 28.0 Å². The molecule has 1 amide bonds. The fourth-order valence-corrected chi connectivity index (χ4v) is 4.17. The molecule has 1 aliphatic carbocycles. The molecule has 0 saturated heterocycles. The number of carbonyl (C=O) groups excluding carboxylic acids is 1. The predicted octanol–water partition coefficient (Wildman–Crippen LogP) is 5.50. The van der Waals surface area contributed by atoms with Crippen LogP contribution in [-0.2, 0) is 9.53 Å². The molecule has 0 heterocycles. The summed E-state index contributed by atoms with van der Waals surface area (Å²) in [6.45, 7) is 0.181. The van der Waals surface area contributed by atoms with Gasteiger partial charge in [0.25, 0.3) is 0 Å². The van der Waals surface area contributed by atoms with E-state index in [2.05, 4.69) is 45.5 Å². The van der Waals surface area contributed by atoms with E-state index in [0.717, 1.165) is 26.7 Å². The molecule has 0 radical (unpaired) electrons. The fourth-order valence-electron chi connectivity index (χ4n) is 3.90. The molecule has 0 unspecified atom stereocenters. The predicted molar refractivity (Wildman–Crippen MR) is 117 cm³/mol. The van der Waals surface area contributed by atoms with E-state index in [1.165, 1.54) is 0 Å². The van der Waals surface area contributed by atoms with Gasteiger partial charge in [-0.05, 0) is 39.9 Å². The highest BCUT2D eigenvalue weighted by molar-refractivity contribution is 9.10. The van der Waals surface area contributed by atoms with Gasteiger partial charge in [-0.2, -0.15) is 0 Å². The second-order valence-corrected chi connectivity index (χ2v) is 8.09. The van der Waals surface area contributed by atoms with Crippen LogP contribution in [0.3, 0.4) is 0 Å². The van der Waals surface area contributed by atoms with Gasteiger partial charge in [0.05, 0.1) is 12.5 Å². The zero-order valence-electron chi connectivity index (χ0n) is 16.0. The minimum atomic E-state index is -0.998. The van der Waals surface area contributed by atoms with Crippen molar-refractivity contribution < 1.29 is 19.4 Å². The highest BCUT2D eigenvalue weighted by Gasteiger charge is 2.29. The summed E-state index contributed by atoms with van der Waals surface area (Å²) in [6, 6.07) is 22.7. The molecule has 6 heteroatoms. The molecular weight excluding hydrogens is 446 g/mol. The van der Waals surface area contributed by atoms with Crippen molar-refractivity contribution in [3.63, 3.8) is 0 Å². The zero-order chi connectivity index (χ0) is 21.1. The number of nitrogens with one attached hydrogen (secondary N) is 1. The number of carboxylic acid groups (broad SMARTS) is 1. The number of fused-ring (bicyclic) bond motifs is 3. The Morgan fingerprint density at radius 2 is 1.50 bits per heavy atom. The molecule has 0 fully saturated rings. The molecule has 3 aromatic carbocycles. The van der Waals surface area contributed by atoms with E-state index >= 15 is 0 Å². The number of benzene rings is 3. The first-order valence-electron chi connectivity index (χ1n) is 9.61. The number of ether oxygens (including phenoxy) is 1. The number of aliphatic carboxylic acids is 1. The number of alkyl carbamates (subject to hydrolysis) is 1. The van der Waals surface area contributed by atoms with Crippen LogP contribution in [-0.4, -0.2) is 23.8 Å². The molecule has 0 spiro atoms. The molecule has 1 atom stereocenters. The topological polar surface area (TPSA) is 75.6 Å². The molecule has 30 heavy (non-hydrogen) atoms. The van der Waals surface area contributed by atoms with Gasteiger partial charge in [-0.25, -0.2) is 4.79 Å². The lowest BCUT2D eigenvalue weighted by Crippen LogP contribution is -2.31. The van der Waals surface area contributed by atoms with E-state index in [0.29, 0.717) is 5.56 Å². The summed E-state index contributed by atoms with van der Waals surface area (Å²) < 4.78 is 6.42. The lowest BCUT2D eigenvalue weighted by atomic mass is 9.98. The second kappa shape index (κ2) is 8.71. The van der Waals surface area contributed by atoms with Gasteiger partial charge in [0.15, 0.2) is 0 Å². The maximum absolute atomic E-state index is 12.5. The van der Waals surface area contributed by atoms with Crippen molar-refractivity contribution in [3.05, 3.63) is 94.0 Å². The Balaban J connectivity index is 1.47. The summed E-state index contributed by atoms with van der Waals surface area (Å²) in [5.41, 5.74) is 5.26. The average molecular weight is 466 g/mol. The molecule has 152 valence electrons. The minimum absolute atomic E-state index is 0.0474. The normalized spacial score (nSPS) is 13.2. The SMILES string of the molecule is O=C(O)C[C@@H](NC(=O)OCC1c2ccccc2-c2ccccc21)c1ccc(Br)cc1. The number of carboxylic acids is 1. The monoisotopic (exact) mass is 465 g/mol. The third kappa shape index (κ3) is 4.24. The van der Waals surface area contributed by atoms with Crippen molar-refractivity contribution in [2.75, 3.05) is 6.61 Å². The lowest BCUT2D eigenvalue weighted by Gasteiger charge is -2.19. The molecule has 0 aromatic heterocycles. The Morgan fingerprint density at radius 3 is 2.07 bits per heavy atom. The fraction of sp³-hybridized carbons (Fsp3) is 0.167. The summed E-state index contributed by atoms with van der Waals surface area (Å²) in [4.78, 5) is 23.8. The van der Waals surface area contributed by atoms with Gasteiger partial charge >= 0.3 is 12.1 Å². The van der Waals surface area contributed by atoms with Crippen molar-refractivity contribution in [3.8, 4) is 11.1 Å². The maximum Gasteiger partial charge on any atom is 0.407 e. The Labute approximate surface area is 182 Å². The molecule has 4 rings (SSSR count). The van der Waals surface area contributed by atoms with Crippen LogP contribution in [0.4, 0.5) is 4.79 Å². The first kappa shape index (κ1) is 20.2. The van der Waals surface area contributed by atoms with E-state index in [-0.39, 0.29) is 18.9 Å². The summed E-state index contributed by atoms with van der Waals surface area (Å²) in [6.07, 6.45) is -0.864. The van der Waals surface area contributed by atoms with Crippen LogP contribution in [0.1, 0.15) is 35.1 Å². The quantitative estimate of drug-likeness (QED) is 0.503. The average Bonchev–Trinajstić information content (AvgIpc) is 3.06. The highest BCUT2D eigenvalue weighted by Crippen LogP contribution is 2.44. The Bertz CT molecular complexity index is 1040. The molecule has 0 aliphatic heterocycles. The van der Waals surface area contributed by atoms with Gasteiger partial charge < -0.3 is 15.2 Å². The summed E-state index contributed by atoms with van der Waals surface area (Å²) in [7, 11) is 0. The lowest BCUT2D eigenvalue weighted by molar-refractivity contribution is -0.137. The molecule has 2 N–H and O–H groups in total. The number of amides is 1. The van der Waals surface area contributed by atoms with E-state index < -0.39 is 18.1 Å². The van der Waals surface area contributed by atoms with Gasteiger partial charge in [-0.3, -0.25) is 4.79 Å². The van der Waals surface area contributed by atoms with Crippen molar-refractivity contribution in [2.24, 2.45) is 0 Å². The van der Waals surface area contributed by atoms with Gasteiger partial charge in [0, 0.05) is 10.4 Å². The molecule has 1 aliphatic rings. The van der Waals surface area contributed by atoms with Crippen LogP contribution in [0.2, 0.25) is 0 Å². The van der Waals surface area contributed by atoms with Crippen molar-refractivity contribution in [2.45, 2.75) is 18.4 Å². The van der Waals surface area contributed by atoms with Gasteiger partial charge in [-0.15, -0.1) is 0 Å². The summed E-state index contributed by atoms with van der Waals surface area (Å²) in [5, 5.41) is 11.9. The third-order valence-corrected chi connectivity index (χ3v) is 5.82. The maximum atomic E-state index is 12.5. The van der Waals surface area contributed by atoms with E-state index in [1.54, 1.807) is 12.1 Å². The number of hydrogen-bond acceptors (Lipinski definition) is 3. The second-order valence-electron chi connectivity index (χ2n) is 7.17. The van der Waals surface area contributed by atoms with Gasteiger partial charge in [0.1, 0.15) is 6.61 Å². The Hall–Kier alpha value is -3.12. The van der Waals surface area contributed by atoms with Crippen LogP contribution in [0.15, 0.2) is 77.3 Å². The Morgan fingerprint density at radius 1 is 0.933 bits per heavy atom. The molecular formula is C24H20BrNO4. The molecule has 3 aromatic rings. The first-order chi connectivity index (χ1) is 14.5. The standard InChI is InChI=1S/C24H20BrNO4/c25-16-11-9-15(10-12-16)22(13-23(27)28)26-24(29)30-14-21-19-7-3-1-5-17(19)18-6-2-4-8-20(18)21/h1-12,21-22H,13-14H2,(H,26,29)(H,27,28)/t22-/m1/s1. The highest BCUT2D eigenvalue weighted by atomic mass is 79.9. The van der Waals surface area contributed by atoms with Gasteiger partial charge in [0.2, 0.25) is 0 Å². The summed E-state index contributed by atoms with van der Waals surface area (Å²) >= 11 is 3.36. The van der Waals surface area contributed by atoms with E-state index in [1.807, 2.05) is 36.4 Å². The third-order valence-electron chi connectivity index (χ3n) is 5.29. The molecule has 0 saturated carbocycles. The van der Waals surface area contributed by atoms with Crippen LogP contribution in [0, 0.1) is 0 Å². The van der Waals surface area contributed by atoms with Crippen LogP contribution >= 0.6 is 15.9 Å².